The number of nitrogens with zero attached hydrogens (tertiary/aromatic N) is 2. The van der Waals surface area contributed by atoms with Gasteiger partial charge in [0.15, 0.2) is 0 Å². The van der Waals surface area contributed by atoms with Crippen molar-refractivity contribution < 1.29 is 32.3 Å². The molecule has 1 aromatic rings. The predicted octanol–water partition coefficient (Wildman–Crippen LogP) is 1.99. The Hall–Kier alpha value is -2.65. The minimum Gasteiger partial charge on any atom is -0.433 e. The molecule has 0 fully saturated rings. The second-order valence-electron chi connectivity index (χ2n) is 3.69. The lowest BCUT2D eigenvalue weighted by atomic mass is 10.1. The van der Waals surface area contributed by atoms with Gasteiger partial charge in [-0.25, -0.2) is 4.79 Å². The van der Waals surface area contributed by atoms with E-state index in [0.717, 1.165) is 18.6 Å². The number of ether oxygens (including phenoxy) is 1. The Morgan fingerprint density at radius 2 is 2.18 bits per heavy atom. The standard InChI is InChI=1S/C12H12F3N3O4/c1-2-21-11(20)22-18-6-5-17-10(19)8-7-16-4-3-9(8)12(13,14)15/h3-4,6-7H,2,5H2,1H3,(H,17,19). The second kappa shape index (κ2) is 7.96. The molecule has 0 saturated carbocycles. The minimum absolute atomic E-state index is 0.103. The van der Waals surface area contributed by atoms with Crippen LogP contribution in [0.15, 0.2) is 23.6 Å². The summed E-state index contributed by atoms with van der Waals surface area (Å²) in [5, 5.41) is 5.33. The fraction of sp³-hybridized carbons (Fsp3) is 0.333. The van der Waals surface area contributed by atoms with Crippen molar-refractivity contribution in [3.8, 4) is 0 Å². The van der Waals surface area contributed by atoms with Gasteiger partial charge >= 0.3 is 12.3 Å². The third-order valence-electron chi connectivity index (χ3n) is 2.19. The van der Waals surface area contributed by atoms with Crippen molar-refractivity contribution in [1.82, 2.24) is 10.3 Å². The number of oxime groups is 1. The molecule has 0 spiro atoms. The van der Waals surface area contributed by atoms with Crippen molar-refractivity contribution in [3.05, 3.63) is 29.6 Å². The molecule has 1 N–H and O–H groups in total. The Bertz CT molecular complexity index is 561. The van der Waals surface area contributed by atoms with Gasteiger partial charge in [0.2, 0.25) is 0 Å². The van der Waals surface area contributed by atoms with E-state index in [1.165, 1.54) is 0 Å². The lowest BCUT2D eigenvalue weighted by Crippen LogP contribution is -2.28. The molecule has 0 aromatic carbocycles. The molecule has 1 heterocycles. The number of aromatic nitrogens is 1. The SMILES string of the molecule is CCOC(=O)ON=CCNC(=O)c1cnccc1C(F)(F)F. The van der Waals surface area contributed by atoms with E-state index < -0.39 is 29.4 Å². The van der Waals surface area contributed by atoms with E-state index in [4.69, 9.17) is 0 Å². The van der Waals surface area contributed by atoms with Crippen LogP contribution in [-0.4, -0.2) is 36.4 Å². The Balaban J connectivity index is 2.57. The van der Waals surface area contributed by atoms with Gasteiger partial charge in [-0.05, 0) is 13.0 Å². The Morgan fingerprint density at radius 3 is 2.82 bits per heavy atom. The monoisotopic (exact) mass is 319 g/mol. The van der Waals surface area contributed by atoms with Gasteiger partial charge in [-0.15, -0.1) is 0 Å². The van der Waals surface area contributed by atoms with Crippen LogP contribution in [0.5, 0.6) is 0 Å². The van der Waals surface area contributed by atoms with E-state index in [-0.39, 0.29) is 13.2 Å². The van der Waals surface area contributed by atoms with Gasteiger partial charge in [-0.1, -0.05) is 5.16 Å². The van der Waals surface area contributed by atoms with Gasteiger partial charge in [0.05, 0.1) is 30.5 Å². The van der Waals surface area contributed by atoms with Gasteiger partial charge in [-0.2, -0.15) is 13.2 Å². The van der Waals surface area contributed by atoms with Crippen LogP contribution < -0.4 is 5.32 Å². The van der Waals surface area contributed by atoms with Gasteiger partial charge in [-0.3, -0.25) is 14.6 Å². The van der Waals surface area contributed by atoms with E-state index >= 15 is 0 Å². The largest absolute Gasteiger partial charge is 0.535 e. The van der Waals surface area contributed by atoms with E-state index in [1.807, 2.05) is 0 Å². The zero-order chi connectivity index (χ0) is 16.6. The zero-order valence-corrected chi connectivity index (χ0v) is 11.4. The minimum atomic E-state index is -4.67. The Kier molecular flexibility index (Phi) is 6.29. The number of alkyl halides is 3. The average Bonchev–Trinajstić information content (AvgIpc) is 2.46. The molecule has 0 atom stereocenters. The molecular formula is C12H12F3N3O4. The van der Waals surface area contributed by atoms with Gasteiger partial charge in [0.25, 0.3) is 5.91 Å². The molecule has 10 heteroatoms. The van der Waals surface area contributed by atoms with E-state index in [0.29, 0.717) is 6.07 Å². The van der Waals surface area contributed by atoms with Gasteiger partial charge < -0.3 is 10.1 Å². The molecule has 0 saturated heterocycles. The first-order chi connectivity index (χ1) is 10.4. The summed E-state index contributed by atoms with van der Waals surface area (Å²) in [6, 6.07) is 0.701. The molecule has 7 nitrogen and oxygen atoms in total. The average molecular weight is 319 g/mol. The fourth-order valence-corrected chi connectivity index (χ4v) is 1.32. The number of rotatable bonds is 5. The third kappa shape index (κ3) is 5.38. The number of carbonyl (C=O) groups excluding carboxylic acids is 2. The highest BCUT2D eigenvalue weighted by Gasteiger charge is 2.35. The maximum absolute atomic E-state index is 12.7. The Labute approximate surface area is 123 Å². The van der Waals surface area contributed by atoms with E-state index in [9.17, 15) is 22.8 Å². The van der Waals surface area contributed by atoms with Crippen LogP contribution in [0, 0.1) is 0 Å². The first-order valence-electron chi connectivity index (χ1n) is 6.01. The number of halogens is 3. The zero-order valence-electron chi connectivity index (χ0n) is 11.4. The van der Waals surface area contributed by atoms with Crippen LogP contribution in [0.4, 0.5) is 18.0 Å². The highest BCUT2D eigenvalue weighted by molar-refractivity contribution is 5.96. The molecule has 0 radical (unpaired) electrons. The maximum atomic E-state index is 12.7. The summed E-state index contributed by atoms with van der Waals surface area (Å²) in [4.78, 5) is 30.1. The molecule has 120 valence electrons. The normalized spacial score (nSPS) is 11.3. The number of carbonyl (C=O) groups is 2. The number of pyridine rings is 1. The highest BCUT2D eigenvalue weighted by Crippen LogP contribution is 2.31. The molecule has 0 bridgehead atoms. The topological polar surface area (TPSA) is 89.9 Å². The first-order valence-corrected chi connectivity index (χ1v) is 6.01. The molecule has 0 aliphatic carbocycles. The third-order valence-corrected chi connectivity index (χ3v) is 2.19. The van der Waals surface area contributed by atoms with Crippen molar-refractivity contribution in [3.63, 3.8) is 0 Å². The summed E-state index contributed by atoms with van der Waals surface area (Å²) < 4.78 is 42.5. The van der Waals surface area contributed by atoms with Crippen LogP contribution in [0.3, 0.4) is 0 Å². The quantitative estimate of drug-likeness (QED) is 0.388. The van der Waals surface area contributed by atoms with Crippen LogP contribution >= 0.6 is 0 Å². The molecular weight excluding hydrogens is 307 g/mol. The number of amides is 1. The van der Waals surface area contributed by atoms with Crippen molar-refractivity contribution in [2.45, 2.75) is 13.1 Å². The summed E-state index contributed by atoms with van der Waals surface area (Å²) in [6.07, 6.45) is -2.97. The lowest BCUT2D eigenvalue weighted by molar-refractivity contribution is -0.138. The van der Waals surface area contributed by atoms with Crippen LogP contribution in [0.2, 0.25) is 0 Å². The van der Waals surface area contributed by atoms with Crippen molar-refractivity contribution in [2.24, 2.45) is 5.16 Å². The van der Waals surface area contributed by atoms with Crippen LogP contribution in [0.25, 0.3) is 0 Å². The number of hydrogen-bond donors (Lipinski definition) is 1. The Morgan fingerprint density at radius 1 is 1.45 bits per heavy atom. The van der Waals surface area contributed by atoms with Gasteiger partial charge in [0.1, 0.15) is 0 Å². The second-order valence-corrected chi connectivity index (χ2v) is 3.69. The lowest BCUT2D eigenvalue weighted by Gasteiger charge is -2.11. The summed E-state index contributed by atoms with van der Waals surface area (Å²) in [5.74, 6) is -0.983. The smallest absolute Gasteiger partial charge is 0.433 e. The van der Waals surface area contributed by atoms with Crippen LogP contribution in [0.1, 0.15) is 22.8 Å². The summed E-state index contributed by atoms with van der Waals surface area (Å²) >= 11 is 0. The van der Waals surface area contributed by atoms with Crippen LogP contribution in [-0.2, 0) is 15.8 Å². The molecule has 0 unspecified atom stereocenters. The maximum Gasteiger partial charge on any atom is 0.535 e. The molecule has 22 heavy (non-hydrogen) atoms. The van der Waals surface area contributed by atoms with E-state index in [2.05, 4.69) is 25.0 Å². The predicted molar refractivity (Wildman–Crippen MR) is 68.2 cm³/mol. The first kappa shape index (κ1) is 17.4. The van der Waals surface area contributed by atoms with Crippen molar-refractivity contribution >= 4 is 18.3 Å². The number of hydrogen-bond acceptors (Lipinski definition) is 6. The number of nitrogens with one attached hydrogen (secondary N) is 1. The molecule has 1 aromatic heterocycles. The molecule has 1 amide bonds. The molecule has 1 rings (SSSR count). The fourth-order valence-electron chi connectivity index (χ4n) is 1.32. The van der Waals surface area contributed by atoms with E-state index in [1.54, 1.807) is 6.92 Å². The van der Waals surface area contributed by atoms with Crippen molar-refractivity contribution in [1.29, 1.82) is 0 Å². The molecule has 0 aliphatic rings. The summed E-state index contributed by atoms with van der Waals surface area (Å²) in [7, 11) is 0. The summed E-state index contributed by atoms with van der Waals surface area (Å²) in [6.45, 7) is 1.42. The summed E-state index contributed by atoms with van der Waals surface area (Å²) in [5.41, 5.74) is -1.71. The van der Waals surface area contributed by atoms with Crippen molar-refractivity contribution in [2.75, 3.05) is 13.2 Å². The highest BCUT2D eigenvalue weighted by atomic mass is 19.4. The molecule has 0 aliphatic heterocycles. The van der Waals surface area contributed by atoms with Gasteiger partial charge in [0, 0.05) is 12.4 Å².